The maximum absolute atomic E-state index is 12.8. The van der Waals surface area contributed by atoms with Gasteiger partial charge in [0.1, 0.15) is 17.2 Å². The average Bonchev–Trinajstić information content (AvgIpc) is 2.93. The summed E-state index contributed by atoms with van der Waals surface area (Å²) in [6.45, 7) is 1.52. The minimum Gasteiger partial charge on any atom is -0.483 e. The smallest absolute Gasteiger partial charge is 0.260 e. The fourth-order valence-electron chi connectivity index (χ4n) is 4.36. The number of hydrogen-bond acceptors (Lipinski definition) is 9. The maximum Gasteiger partial charge on any atom is 0.260 e. The van der Waals surface area contributed by atoms with Gasteiger partial charge in [-0.25, -0.2) is 4.98 Å². The lowest BCUT2D eigenvalue weighted by atomic mass is 10.0. The predicted molar refractivity (Wildman–Crippen MR) is 141 cm³/mol. The Kier molecular flexibility index (Phi) is 7.51. The van der Waals surface area contributed by atoms with Crippen LogP contribution in [0.2, 0.25) is 5.02 Å². The molecule has 1 aromatic carbocycles. The molecule has 1 fully saturated rings. The molecule has 2 aromatic heterocycles. The molecular formula is C26H25ClN8O3. The molecule has 6 bridgehead atoms. The van der Waals surface area contributed by atoms with Gasteiger partial charge >= 0.3 is 0 Å². The van der Waals surface area contributed by atoms with Crippen molar-refractivity contribution in [2.75, 3.05) is 43.4 Å². The van der Waals surface area contributed by atoms with Gasteiger partial charge in [0.25, 0.3) is 5.91 Å². The number of nitriles is 1. The van der Waals surface area contributed by atoms with E-state index in [0.717, 1.165) is 22.5 Å². The highest BCUT2D eigenvalue weighted by molar-refractivity contribution is 6.32. The number of anilines is 4. The third-order valence-electron chi connectivity index (χ3n) is 6.37. The van der Waals surface area contributed by atoms with Crippen molar-refractivity contribution in [1.29, 1.82) is 5.26 Å². The van der Waals surface area contributed by atoms with Crippen molar-refractivity contribution in [3.63, 3.8) is 0 Å². The molecule has 0 aliphatic carbocycles. The predicted octanol–water partition coefficient (Wildman–Crippen LogP) is 3.07. The Morgan fingerprint density at radius 1 is 1.00 bits per heavy atom. The van der Waals surface area contributed by atoms with Gasteiger partial charge in [0.15, 0.2) is 12.4 Å². The highest BCUT2D eigenvalue weighted by Crippen LogP contribution is 2.30. The largest absolute Gasteiger partial charge is 0.483 e. The normalized spacial score (nSPS) is 14.5. The van der Waals surface area contributed by atoms with Crippen LogP contribution in [0.3, 0.4) is 0 Å². The molecule has 2 amide bonds. The molecule has 11 nitrogen and oxygen atoms in total. The Labute approximate surface area is 224 Å². The summed E-state index contributed by atoms with van der Waals surface area (Å²) in [6.07, 6.45) is 6.25. The van der Waals surface area contributed by atoms with Crippen molar-refractivity contribution in [3.05, 3.63) is 59.0 Å². The summed E-state index contributed by atoms with van der Waals surface area (Å²) < 4.78 is 5.99. The van der Waals surface area contributed by atoms with Crippen molar-refractivity contribution in [2.24, 2.45) is 0 Å². The molecular weight excluding hydrogens is 508 g/mol. The van der Waals surface area contributed by atoms with Gasteiger partial charge < -0.3 is 25.2 Å². The van der Waals surface area contributed by atoms with E-state index in [0.29, 0.717) is 61.6 Å². The summed E-state index contributed by atoms with van der Waals surface area (Å²) >= 11 is 6.33. The Morgan fingerprint density at radius 2 is 1.79 bits per heavy atom. The number of amides is 2. The SMILES string of the molecule is N#CCC(=O)N1CCN(C(=O)COc2ccc3cc2CCc2cncc(c2)Nc2ncc(Cl)c(n2)N3)CC1. The molecule has 5 rings (SSSR count). The van der Waals surface area contributed by atoms with Gasteiger partial charge in [0.2, 0.25) is 11.9 Å². The summed E-state index contributed by atoms with van der Waals surface area (Å²) in [4.78, 5) is 41.1. The number of piperazine rings is 1. The Bertz CT molecular complexity index is 1400. The first-order valence-electron chi connectivity index (χ1n) is 12.2. The number of fused-ring (bicyclic) bond motifs is 6. The van der Waals surface area contributed by atoms with Gasteiger partial charge in [-0.15, -0.1) is 0 Å². The zero-order valence-corrected chi connectivity index (χ0v) is 21.2. The quantitative estimate of drug-likeness (QED) is 0.519. The van der Waals surface area contributed by atoms with Gasteiger partial charge in [-0.2, -0.15) is 10.2 Å². The number of ether oxygens (including phenoxy) is 1. The molecule has 0 atom stereocenters. The second kappa shape index (κ2) is 11.3. The molecule has 1 saturated heterocycles. The fraction of sp³-hybridized carbons (Fsp3) is 0.308. The molecule has 0 saturated carbocycles. The van der Waals surface area contributed by atoms with Crippen molar-refractivity contribution in [3.8, 4) is 11.8 Å². The van der Waals surface area contributed by atoms with Gasteiger partial charge in [-0.3, -0.25) is 14.6 Å². The summed E-state index contributed by atoms with van der Waals surface area (Å²) in [5.74, 6) is 1.09. The van der Waals surface area contributed by atoms with E-state index in [1.165, 1.54) is 6.20 Å². The van der Waals surface area contributed by atoms with E-state index in [-0.39, 0.29) is 24.8 Å². The number of aromatic nitrogens is 3. The number of carbonyl (C=O) groups excluding carboxylic acids is 2. The van der Waals surface area contributed by atoms with E-state index < -0.39 is 0 Å². The van der Waals surface area contributed by atoms with Crippen LogP contribution >= 0.6 is 11.6 Å². The van der Waals surface area contributed by atoms with Crippen molar-refractivity contribution < 1.29 is 14.3 Å². The van der Waals surface area contributed by atoms with Gasteiger partial charge in [-0.1, -0.05) is 11.6 Å². The maximum atomic E-state index is 12.8. The lowest BCUT2D eigenvalue weighted by Crippen LogP contribution is -2.51. The van der Waals surface area contributed by atoms with Crippen LogP contribution < -0.4 is 15.4 Å². The standard InChI is InChI=1S/C26H25ClN8O3/c27-21-15-30-26-32-20-11-17(13-29-14-20)1-2-18-12-19(31-25(21)33-26)3-4-22(18)38-16-24(37)35-9-7-34(8-10-35)23(36)5-6-28/h3-4,11-15H,1-2,5,7-10,16H2,(H2,30,31,32,33). The number of hydrogen-bond donors (Lipinski definition) is 2. The Balaban J connectivity index is 1.31. The van der Waals surface area contributed by atoms with Crippen molar-refractivity contribution >= 4 is 46.6 Å². The molecule has 2 aliphatic rings. The molecule has 194 valence electrons. The van der Waals surface area contributed by atoms with E-state index in [4.69, 9.17) is 21.6 Å². The lowest BCUT2D eigenvalue weighted by molar-refractivity contribution is -0.140. The third kappa shape index (κ3) is 5.92. The van der Waals surface area contributed by atoms with Crippen LogP contribution in [0.1, 0.15) is 17.5 Å². The topological polar surface area (TPSA) is 136 Å². The number of nitrogens with one attached hydrogen (secondary N) is 2. The van der Waals surface area contributed by atoms with E-state index >= 15 is 0 Å². The molecule has 38 heavy (non-hydrogen) atoms. The highest BCUT2D eigenvalue weighted by Gasteiger charge is 2.24. The summed E-state index contributed by atoms with van der Waals surface area (Å²) in [6, 6.07) is 9.49. The molecule has 0 radical (unpaired) electrons. The van der Waals surface area contributed by atoms with Crippen molar-refractivity contribution in [2.45, 2.75) is 19.3 Å². The van der Waals surface area contributed by atoms with Crippen LogP contribution in [-0.2, 0) is 22.4 Å². The van der Waals surface area contributed by atoms with Crippen LogP contribution in [0.15, 0.2) is 42.9 Å². The van der Waals surface area contributed by atoms with Crippen LogP contribution in [0.25, 0.3) is 0 Å². The second-order valence-electron chi connectivity index (χ2n) is 8.93. The molecule has 2 aliphatic heterocycles. The summed E-state index contributed by atoms with van der Waals surface area (Å²) in [5.41, 5.74) is 3.47. The minimum atomic E-state index is -0.208. The fourth-order valence-corrected chi connectivity index (χ4v) is 4.50. The summed E-state index contributed by atoms with van der Waals surface area (Å²) in [7, 11) is 0. The molecule has 0 spiro atoms. The number of rotatable bonds is 4. The Hall–Kier alpha value is -4.43. The zero-order chi connectivity index (χ0) is 26.5. The van der Waals surface area contributed by atoms with Crippen LogP contribution in [0.5, 0.6) is 5.75 Å². The van der Waals surface area contributed by atoms with Gasteiger partial charge in [-0.05, 0) is 48.2 Å². The number of benzene rings is 1. The average molecular weight is 533 g/mol. The van der Waals surface area contributed by atoms with Crippen LogP contribution in [0, 0.1) is 11.3 Å². The summed E-state index contributed by atoms with van der Waals surface area (Å²) in [5, 5.41) is 15.5. The zero-order valence-electron chi connectivity index (χ0n) is 20.5. The van der Waals surface area contributed by atoms with E-state index in [2.05, 4.69) is 25.6 Å². The molecule has 2 N–H and O–H groups in total. The molecule has 3 aromatic rings. The number of pyridine rings is 1. The monoisotopic (exact) mass is 532 g/mol. The number of aryl methyl sites for hydroxylation is 2. The number of carbonyl (C=O) groups is 2. The van der Waals surface area contributed by atoms with Crippen molar-refractivity contribution in [1.82, 2.24) is 24.8 Å². The van der Waals surface area contributed by atoms with Crippen LogP contribution in [-0.4, -0.2) is 69.4 Å². The number of halogens is 1. The van der Waals surface area contributed by atoms with Gasteiger partial charge in [0, 0.05) is 38.1 Å². The lowest BCUT2D eigenvalue weighted by Gasteiger charge is -2.34. The highest BCUT2D eigenvalue weighted by atomic mass is 35.5. The van der Waals surface area contributed by atoms with E-state index in [1.807, 2.05) is 36.5 Å². The first-order chi connectivity index (χ1) is 18.5. The van der Waals surface area contributed by atoms with E-state index in [1.54, 1.807) is 16.0 Å². The first kappa shape index (κ1) is 25.2. The Morgan fingerprint density at radius 3 is 2.58 bits per heavy atom. The number of nitrogens with zero attached hydrogens (tertiary/aromatic N) is 6. The van der Waals surface area contributed by atoms with E-state index in [9.17, 15) is 9.59 Å². The minimum absolute atomic E-state index is 0.117. The molecule has 12 heteroatoms. The molecule has 4 heterocycles. The molecule has 0 unspecified atom stereocenters. The third-order valence-corrected chi connectivity index (χ3v) is 6.64. The van der Waals surface area contributed by atoms with Gasteiger partial charge in [0.05, 0.1) is 24.2 Å². The van der Waals surface area contributed by atoms with Crippen LogP contribution in [0.4, 0.5) is 23.1 Å². The first-order valence-corrected chi connectivity index (χ1v) is 12.5. The second-order valence-corrected chi connectivity index (χ2v) is 9.34.